The summed E-state index contributed by atoms with van der Waals surface area (Å²) in [5, 5.41) is 2.75. The van der Waals surface area contributed by atoms with Crippen LogP contribution in [-0.4, -0.2) is 33.2 Å². The standard InChI is InChI=1S/C14H22N2O3S/c1-10(2)8-12(15)9-16-14(17)11-4-6-13(7-5-11)20(3,18)19/h4-7,10,12H,8-9,15H2,1-3H3,(H,16,17). The number of carbonyl (C=O) groups excluding carboxylic acids is 1. The molecule has 0 fully saturated rings. The molecule has 1 amide bonds. The van der Waals surface area contributed by atoms with E-state index in [9.17, 15) is 13.2 Å². The second-order valence-corrected chi connectivity index (χ2v) is 7.41. The van der Waals surface area contributed by atoms with Crippen LogP contribution in [0, 0.1) is 5.92 Å². The van der Waals surface area contributed by atoms with E-state index in [0.29, 0.717) is 18.0 Å². The van der Waals surface area contributed by atoms with Gasteiger partial charge in [-0.1, -0.05) is 13.8 Å². The van der Waals surface area contributed by atoms with Gasteiger partial charge in [-0.25, -0.2) is 8.42 Å². The first-order chi connectivity index (χ1) is 9.20. The fourth-order valence-corrected chi connectivity index (χ4v) is 2.50. The van der Waals surface area contributed by atoms with Crippen LogP contribution >= 0.6 is 0 Å². The van der Waals surface area contributed by atoms with Crippen molar-refractivity contribution >= 4 is 15.7 Å². The molecule has 3 N–H and O–H groups in total. The SMILES string of the molecule is CC(C)CC(N)CNC(=O)c1ccc(S(C)(=O)=O)cc1. The molecule has 1 unspecified atom stereocenters. The highest BCUT2D eigenvalue weighted by atomic mass is 32.2. The number of hydrogen-bond donors (Lipinski definition) is 2. The van der Waals surface area contributed by atoms with Gasteiger partial charge in [-0.2, -0.15) is 0 Å². The van der Waals surface area contributed by atoms with Gasteiger partial charge in [0.05, 0.1) is 4.90 Å². The maximum Gasteiger partial charge on any atom is 0.251 e. The quantitative estimate of drug-likeness (QED) is 0.825. The summed E-state index contributed by atoms with van der Waals surface area (Å²) in [4.78, 5) is 12.1. The van der Waals surface area contributed by atoms with Crippen LogP contribution in [-0.2, 0) is 9.84 Å². The van der Waals surface area contributed by atoms with Crippen molar-refractivity contribution in [3.63, 3.8) is 0 Å². The summed E-state index contributed by atoms with van der Waals surface area (Å²) in [6.45, 7) is 4.56. The monoisotopic (exact) mass is 298 g/mol. The third kappa shape index (κ3) is 5.30. The predicted molar refractivity (Wildman–Crippen MR) is 79.3 cm³/mol. The Bertz CT molecular complexity index is 550. The van der Waals surface area contributed by atoms with Crippen LogP contribution in [0.3, 0.4) is 0 Å². The van der Waals surface area contributed by atoms with Gasteiger partial charge in [-0.05, 0) is 36.6 Å². The highest BCUT2D eigenvalue weighted by molar-refractivity contribution is 7.90. The van der Waals surface area contributed by atoms with Gasteiger partial charge in [0.25, 0.3) is 5.91 Å². The first kappa shape index (κ1) is 16.7. The van der Waals surface area contributed by atoms with Crippen LogP contribution in [0.5, 0.6) is 0 Å². The lowest BCUT2D eigenvalue weighted by Gasteiger charge is -2.14. The smallest absolute Gasteiger partial charge is 0.251 e. The summed E-state index contributed by atoms with van der Waals surface area (Å²) in [5.74, 6) is 0.236. The van der Waals surface area contributed by atoms with E-state index in [0.717, 1.165) is 12.7 Å². The van der Waals surface area contributed by atoms with Crippen LogP contribution in [0.1, 0.15) is 30.6 Å². The average Bonchev–Trinajstić information content (AvgIpc) is 2.34. The molecule has 20 heavy (non-hydrogen) atoms. The van der Waals surface area contributed by atoms with E-state index in [2.05, 4.69) is 19.2 Å². The van der Waals surface area contributed by atoms with Gasteiger partial charge in [-0.3, -0.25) is 4.79 Å². The normalized spacial score (nSPS) is 13.2. The largest absolute Gasteiger partial charge is 0.350 e. The Morgan fingerprint density at radius 3 is 2.25 bits per heavy atom. The van der Waals surface area contributed by atoms with Crippen molar-refractivity contribution in [3.8, 4) is 0 Å². The molecule has 0 spiro atoms. The number of nitrogens with two attached hydrogens (primary N) is 1. The summed E-state index contributed by atoms with van der Waals surface area (Å²) in [6, 6.07) is 5.78. The molecule has 0 aliphatic rings. The van der Waals surface area contributed by atoms with Crippen molar-refractivity contribution in [2.24, 2.45) is 11.7 Å². The van der Waals surface area contributed by atoms with Gasteiger partial charge in [0.1, 0.15) is 0 Å². The van der Waals surface area contributed by atoms with Gasteiger partial charge in [0.2, 0.25) is 0 Å². The van der Waals surface area contributed by atoms with E-state index in [1.165, 1.54) is 24.3 Å². The molecule has 0 bridgehead atoms. The minimum Gasteiger partial charge on any atom is -0.350 e. The zero-order chi connectivity index (χ0) is 15.3. The van der Waals surface area contributed by atoms with Gasteiger partial charge < -0.3 is 11.1 Å². The third-order valence-corrected chi connectivity index (χ3v) is 3.97. The Morgan fingerprint density at radius 1 is 1.25 bits per heavy atom. The topological polar surface area (TPSA) is 89.3 Å². The molecule has 0 saturated heterocycles. The van der Waals surface area contributed by atoms with Crippen molar-refractivity contribution in [1.82, 2.24) is 5.32 Å². The van der Waals surface area contributed by atoms with Crippen LogP contribution in [0.4, 0.5) is 0 Å². The molecule has 0 aliphatic heterocycles. The summed E-state index contributed by atoms with van der Waals surface area (Å²) in [7, 11) is -3.24. The number of rotatable bonds is 6. The molecule has 0 saturated carbocycles. The van der Waals surface area contributed by atoms with Crippen molar-refractivity contribution < 1.29 is 13.2 Å². The molecule has 112 valence electrons. The molecule has 1 aromatic rings. The maximum absolute atomic E-state index is 11.9. The fourth-order valence-electron chi connectivity index (χ4n) is 1.87. The first-order valence-electron chi connectivity index (χ1n) is 6.54. The first-order valence-corrected chi connectivity index (χ1v) is 8.43. The Hall–Kier alpha value is -1.40. The Kier molecular flexibility index (Phi) is 5.71. The number of nitrogens with one attached hydrogen (secondary N) is 1. The highest BCUT2D eigenvalue weighted by Crippen LogP contribution is 2.10. The molecule has 1 atom stereocenters. The molecule has 0 aromatic heterocycles. The molecule has 0 heterocycles. The predicted octanol–water partition coefficient (Wildman–Crippen LogP) is 1.19. The number of sulfone groups is 1. The summed E-state index contributed by atoms with van der Waals surface area (Å²) in [5.41, 5.74) is 6.31. The summed E-state index contributed by atoms with van der Waals surface area (Å²) < 4.78 is 22.6. The number of amides is 1. The van der Waals surface area contributed by atoms with Crippen LogP contribution in [0.25, 0.3) is 0 Å². The Balaban J connectivity index is 2.60. The fraction of sp³-hybridized carbons (Fsp3) is 0.500. The highest BCUT2D eigenvalue weighted by Gasteiger charge is 2.11. The van der Waals surface area contributed by atoms with Gasteiger partial charge in [0.15, 0.2) is 9.84 Å². The molecule has 5 nitrogen and oxygen atoms in total. The number of benzene rings is 1. The van der Waals surface area contributed by atoms with Gasteiger partial charge in [0, 0.05) is 24.4 Å². The van der Waals surface area contributed by atoms with E-state index in [1.807, 2.05) is 0 Å². The second kappa shape index (κ2) is 6.85. The van der Waals surface area contributed by atoms with Crippen molar-refractivity contribution in [2.45, 2.75) is 31.2 Å². The minimum absolute atomic E-state index is 0.0748. The lowest BCUT2D eigenvalue weighted by Crippen LogP contribution is -2.38. The molecule has 0 aliphatic carbocycles. The van der Waals surface area contributed by atoms with Crippen molar-refractivity contribution in [2.75, 3.05) is 12.8 Å². The third-order valence-electron chi connectivity index (χ3n) is 2.84. The maximum atomic E-state index is 11.9. The molecule has 0 radical (unpaired) electrons. The lowest BCUT2D eigenvalue weighted by molar-refractivity contribution is 0.0950. The van der Waals surface area contributed by atoms with E-state index < -0.39 is 9.84 Å². The van der Waals surface area contributed by atoms with E-state index in [4.69, 9.17) is 5.73 Å². The van der Waals surface area contributed by atoms with Crippen LogP contribution in [0.2, 0.25) is 0 Å². The van der Waals surface area contributed by atoms with Crippen LogP contribution in [0.15, 0.2) is 29.2 Å². The van der Waals surface area contributed by atoms with Gasteiger partial charge in [-0.15, -0.1) is 0 Å². The Morgan fingerprint density at radius 2 is 1.80 bits per heavy atom. The van der Waals surface area contributed by atoms with E-state index >= 15 is 0 Å². The number of hydrogen-bond acceptors (Lipinski definition) is 4. The molecule has 6 heteroatoms. The molecular weight excluding hydrogens is 276 g/mol. The molecule has 1 aromatic carbocycles. The summed E-state index contributed by atoms with van der Waals surface area (Å²) in [6.07, 6.45) is 1.97. The molecular formula is C14H22N2O3S. The minimum atomic E-state index is -3.24. The van der Waals surface area contributed by atoms with Crippen molar-refractivity contribution in [1.29, 1.82) is 0 Å². The van der Waals surface area contributed by atoms with E-state index in [-0.39, 0.29) is 16.8 Å². The average molecular weight is 298 g/mol. The molecule has 1 rings (SSSR count). The van der Waals surface area contributed by atoms with E-state index in [1.54, 1.807) is 0 Å². The number of carbonyl (C=O) groups is 1. The van der Waals surface area contributed by atoms with Crippen molar-refractivity contribution in [3.05, 3.63) is 29.8 Å². The second-order valence-electron chi connectivity index (χ2n) is 5.40. The zero-order valence-electron chi connectivity index (χ0n) is 12.1. The van der Waals surface area contributed by atoms with Crippen LogP contribution < -0.4 is 11.1 Å². The van der Waals surface area contributed by atoms with Gasteiger partial charge >= 0.3 is 0 Å². The summed E-state index contributed by atoms with van der Waals surface area (Å²) >= 11 is 0. The zero-order valence-corrected chi connectivity index (χ0v) is 12.9. The Labute approximate surface area is 120 Å². The lowest BCUT2D eigenvalue weighted by atomic mass is 10.0.